The molecule has 0 bridgehead atoms. The minimum atomic E-state index is -0.844. The molecule has 0 spiro atoms. The third kappa shape index (κ3) is 5.93. The normalized spacial score (nSPS) is 19.0. The Morgan fingerprint density at radius 2 is 1.60 bits per heavy atom. The lowest BCUT2D eigenvalue weighted by atomic mass is 10.0. The van der Waals surface area contributed by atoms with E-state index in [2.05, 4.69) is 4.90 Å². The summed E-state index contributed by atoms with van der Waals surface area (Å²) in [6.45, 7) is 1.84. The summed E-state index contributed by atoms with van der Waals surface area (Å²) in [6, 6.07) is 11.1. The van der Waals surface area contributed by atoms with Crippen molar-refractivity contribution in [1.82, 2.24) is 9.80 Å². The van der Waals surface area contributed by atoms with Crippen molar-refractivity contribution in [1.29, 1.82) is 0 Å². The van der Waals surface area contributed by atoms with Crippen LogP contribution in [0.15, 0.2) is 36.4 Å². The maximum Gasteiger partial charge on any atom is 0.308 e. The van der Waals surface area contributed by atoms with E-state index < -0.39 is 17.9 Å². The third-order valence-corrected chi connectivity index (χ3v) is 5.52. The molecule has 2 atom stereocenters. The number of benzene rings is 2. The first-order valence-corrected chi connectivity index (χ1v) is 10.0. The summed E-state index contributed by atoms with van der Waals surface area (Å²) >= 11 is 6.27. The summed E-state index contributed by atoms with van der Waals surface area (Å²) < 4.78 is 0. The quantitative estimate of drug-likeness (QED) is 0.767. The molecule has 2 N–H and O–H groups in total. The molecule has 2 aromatic rings. The number of fused-ring (bicyclic) bond motifs is 1. The van der Waals surface area contributed by atoms with Gasteiger partial charge in [0, 0.05) is 42.0 Å². The molecule has 0 aliphatic carbocycles. The lowest BCUT2D eigenvalue weighted by Gasteiger charge is -2.29. The Bertz CT molecular complexity index is 927. The molecular weight excluding hydrogens is 408 g/mol. The standard InChI is InChI=1S/C20H23ClN2O3.C2H4O2/c1-22(2)14-10-9-13(20(25)26)11-23(12-14)19(24)17-7-3-6-16-15(17)5-4-8-18(16)21;1-2(3)4/h3-8,13-14H,9-12H2,1-2H3,(H,25,26);1H3,(H,3,4)/t13-,14+;/m0./s1. The van der Waals surface area contributed by atoms with Gasteiger partial charge in [0.05, 0.1) is 5.92 Å². The van der Waals surface area contributed by atoms with Crippen LogP contribution in [0, 0.1) is 5.92 Å². The molecule has 30 heavy (non-hydrogen) atoms. The van der Waals surface area contributed by atoms with E-state index in [1.807, 2.05) is 38.4 Å². The number of aliphatic carboxylic acids is 2. The Labute approximate surface area is 180 Å². The molecule has 1 aliphatic heterocycles. The predicted molar refractivity (Wildman–Crippen MR) is 116 cm³/mol. The first kappa shape index (κ1) is 23.6. The number of carbonyl (C=O) groups excluding carboxylic acids is 1. The number of nitrogens with zero attached hydrogens (tertiary/aromatic N) is 2. The molecule has 1 amide bonds. The van der Waals surface area contributed by atoms with Gasteiger partial charge in [-0.15, -0.1) is 0 Å². The van der Waals surface area contributed by atoms with E-state index in [0.717, 1.165) is 24.1 Å². The average molecular weight is 435 g/mol. The van der Waals surface area contributed by atoms with E-state index >= 15 is 0 Å². The Balaban J connectivity index is 0.000000735. The van der Waals surface area contributed by atoms with Gasteiger partial charge >= 0.3 is 5.97 Å². The van der Waals surface area contributed by atoms with Crippen molar-refractivity contribution < 1.29 is 24.6 Å². The van der Waals surface area contributed by atoms with Gasteiger partial charge in [0.1, 0.15) is 0 Å². The van der Waals surface area contributed by atoms with Crippen LogP contribution in [0.1, 0.15) is 30.1 Å². The molecular formula is C22H27ClN2O5. The summed E-state index contributed by atoms with van der Waals surface area (Å²) in [4.78, 5) is 37.6. The number of rotatable bonds is 3. The fourth-order valence-corrected chi connectivity index (χ4v) is 3.83. The van der Waals surface area contributed by atoms with Gasteiger partial charge in [-0.25, -0.2) is 0 Å². The number of halogens is 1. The fourth-order valence-electron chi connectivity index (χ4n) is 3.59. The monoisotopic (exact) mass is 434 g/mol. The Morgan fingerprint density at radius 1 is 1.00 bits per heavy atom. The van der Waals surface area contributed by atoms with E-state index in [9.17, 15) is 14.7 Å². The molecule has 0 radical (unpaired) electrons. The summed E-state index contributed by atoms with van der Waals surface area (Å²) in [5.41, 5.74) is 0.563. The summed E-state index contributed by atoms with van der Waals surface area (Å²) in [6.07, 6.45) is 1.33. The van der Waals surface area contributed by atoms with Gasteiger partial charge in [0.25, 0.3) is 11.9 Å². The molecule has 0 aromatic heterocycles. The number of likely N-dealkylation sites (N-methyl/N-ethyl adjacent to an activating group) is 1. The van der Waals surface area contributed by atoms with E-state index in [-0.39, 0.29) is 18.5 Å². The number of amides is 1. The van der Waals surface area contributed by atoms with Gasteiger partial charge in [-0.05, 0) is 44.5 Å². The zero-order valence-corrected chi connectivity index (χ0v) is 18.1. The minimum absolute atomic E-state index is 0.141. The molecule has 0 unspecified atom stereocenters. The molecule has 1 saturated heterocycles. The van der Waals surface area contributed by atoms with E-state index in [1.165, 1.54) is 0 Å². The predicted octanol–water partition coefficient (Wildman–Crippen LogP) is 3.45. The molecule has 1 aliphatic rings. The van der Waals surface area contributed by atoms with Gasteiger partial charge in [-0.2, -0.15) is 0 Å². The zero-order chi connectivity index (χ0) is 22.4. The van der Waals surface area contributed by atoms with Crippen LogP contribution in [0.4, 0.5) is 0 Å². The third-order valence-electron chi connectivity index (χ3n) is 5.19. The SMILES string of the molecule is CC(=O)O.CN(C)[C@@H]1CC[C@H](C(=O)O)CN(C(=O)c2cccc3c(Cl)cccc23)C1. The Kier molecular flexibility index (Phi) is 8.20. The van der Waals surface area contributed by atoms with E-state index in [4.69, 9.17) is 21.5 Å². The second-order valence-corrected chi connectivity index (χ2v) is 8.01. The Hall–Kier alpha value is -2.64. The zero-order valence-electron chi connectivity index (χ0n) is 17.3. The highest BCUT2D eigenvalue weighted by molar-refractivity contribution is 6.36. The number of carboxylic acid groups (broad SMARTS) is 2. The molecule has 162 valence electrons. The van der Waals surface area contributed by atoms with Crippen LogP contribution >= 0.6 is 11.6 Å². The second-order valence-electron chi connectivity index (χ2n) is 7.60. The number of hydrogen-bond acceptors (Lipinski definition) is 4. The molecule has 1 fully saturated rings. The first-order valence-electron chi connectivity index (χ1n) is 9.67. The van der Waals surface area contributed by atoms with Crippen LogP contribution in [0.5, 0.6) is 0 Å². The number of carboxylic acids is 2. The highest BCUT2D eigenvalue weighted by Gasteiger charge is 2.32. The lowest BCUT2D eigenvalue weighted by Crippen LogP contribution is -2.43. The van der Waals surface area contributed by atoms with Crippen LogP contribution in [0.2, 0.25) is 5.02 Å². The molecule has 2 aromatic carbocycles. The number of hydrogen-bond donors (Lipinski definition) is 2. The number of carbonyl (C=O) groups is 3. The van der Waals surface area contributed by atoms with Gasteiger partial charge < -0.3 is 20.0 Å². The molecule has 7 nitrogen and oxygen atoms in total. The maximum absolute atomic E-state index is 13.3. The van der Waals surface area contributed by atoms with Crippen molar-refractivity contribution in [3.8, 4) is 0 Å². The smallest absolute Gasteiger partial charge is 0.308 e. The average Bonchev–Trinajstić information content (AvgIpc) is 2.91. The molecule has 8 heteroatoms. The van der Waals surface area contributed by atoms with Crippen molar-refractivity contribution >= 4 is 40.2 Å². The van der Waals surface area contributed by atoms with Gasteiger partial charge in [0.15, 0.2) is 0 Å². The first-order chi connectivity index (χ1) is 14.1. The Morgan fingerprint density at radius 3 is 2.20 bits per heavy atom. The van der Waals surface area contributed by atoms with E-state index in [0.29, 0.717) is 23.6 Å². The fraction of sp³-hybridized carbons (Fsp3) is 0.409. The second kappa shape index (κ2) is 10.4. The van der Waals surface area contributed by atoms with Crippen molar-refractivity contribution in [3.05, 3.63) is 47.0 Å². The summed E-state index contributed by atoms with van der Waals surface area (Å²) in [5, 5.41) is 19.1. The molecule has 3 rings (SSSR count). The topological polar surface area (TPSA) is 98.2 Å². The minimum Gasteiger partial charge on any atom is -0.481 e. The van der Waals surface area contributed by atoms with Crippen molar-refractivity contribution in [2.75, 3.05) is 27.2 Å². The molecule has 0 saturated carbocycles. The van der Waals surface area contributed by atoms with Crippen LogP contribution in [0.25, 0.3) is 10.8 Å². The van der Waals surface area contributed by atoms with E-state index in [1.54, 1.807) is 17.0 Å². The van der Waals surface area contributed by atoms with Gasteiger partial charge in [-0.1, -0.05) is 35.9 Å². The largest absolute Gasteiger partial charge is 0.481 e. The molecule has 1 heterocycles. The lowest BCUT2D eigenvalue weighted by molar-refractivity contribution is -0.142. The van der Waals surface area contributed by atoms with Gasteiger partial charge in [0.2, 0.25) is 0 Å². The van der Waals surface area contributed by atoms with Crippen LogP contribution < -0.4 is 0 Å². The maximum atomic E-state index is 13.3. The van der Waals surface area contributed by atoms with Crippen LogP contribution in [-0.2, 0) is 9.59 Å². The summed E-state index contributed by atoms with van der Waals surface area (Å²) in [7, 11) is 3.93. The number of likely N-dealkylation sites (tertiary alicyclic amines) is 1. The summed E-state index contributed by atoms with van der Waals surface area (Å²) in [5.74, 6) is -2.36. The highest BCUT2D eigenvalue weighted by atomic mass is 35.5. The highest BCUT2D eigenvalue weighted by Crippen LogP contribution is 2.28. The van der Waals surface area contributed by atoms with Crippen LogP contribution in [0.3, 0.4) is 0 Å². The van der Waals surface area contributed by atoms with Crippen molar-refractivity contribution in [2.24, 2.45) is 5.92 Å². The van der Waals surface area contributed by atoms with Gasteiger partial charge in [-0.3, -0.25) is 14.4 Å². The van der Waals surface area contributed by atoms with Crippen molar-refractivity contribution in [2.45, 2.75) is 25.8 Å². The van der Waals surface area contributed by atoms with Crippen molar-refractivity contribution in [3.63, 3.8) is 0 Å². The van der Waals surface area contributed by atoms with Crippen LogP contribution in [-0.4, -0.2) is 71.1 Å².